The van der Waals surface area contributed by atoms with Crippen LogP contribution in [-0.4, -0.2) is 76.6 Å². The molecular weight excluding hydrogens is 368 g/mol. The molecule has 7 nitrogen and oxygen atoms in total. The van der Waals surface area contributed by atoms with Crippen LogP contribution in [0.2, 0.25) is 0 Å². The van der Waals surface area contributed by atoms with E-state index in [0.29, 0.717) is 25.8 Å². The summed E-state index contributed by atoms with van der Waals surface area (Å²) < 4.78 is 16.6. The van der Waals surface area contributed by atoms with Gasteiger partial charge in [-0.3, -0.25) is 4.90 Å². The van der Waals surface area contributed by atoms with E-state index in [1.807, 2.05) is 12.1 Å². The van der Waals surface area contributed by atoms with Gasteiger partial charge in [0.25, 0.3) is 0 Å². The van der Waals surface area contributed by atoms with E-state index in [1.54, 1.807) is 7.11 Å². The summed E-state index contributed by atoms with van der Waals surface area (Å²) in [5.74, 6) is 1.69. The summed E-state index contributed by atoms with van der Waals surface area (Å²) in [6.45, 7) is 9.50. The Hall–Kier alpha value is -1.83. The first-order valence-corrected chi connectivity index (χ1v) is 10.7. The number of ether oxygens (including phenoxy) is 3. The summed E-state index contributed by atoms with van der Waals surface area (Å²) in [6, 6.07) is 8.97. The number of aliphatic imine (C=N–C) groups is 1. The minimum absolute atomic E-state index is 0.195. The molecule has 2 N–H and O–H groups in total. The molecule has 164 valence electrons. The molecule has 0 aromatic heterocycles. The van der Waals surface area contributed by atoms with Crippen LogP contribution in [0, 0.1) is 0 Å². The summed E-state index contributed by atoms with van der Waals surface area (Å²) in [5, 5.41) is 6.62. The molecule has 29 heavy (non-hydrogen) atoms. The predicted molar refractivity (Wildman–Crippen MR) is 118 cm³/mol. The Morgan fingerprint density at radius 3 is 2.86 bits per heavy atom. The van der Waals surface area contributed by atoms with Gasteiger partial charge in [-0.2, -0.15) is 0 Å². The molecular formula is C22H38N4O3. The Bertz CT molecular complexity index is 605. The smallest absolute Gasteiger partial charge is 0.191 e. The van der Waals surface area contributed by atoms with E-state index in [9.17, 15) is 0 Å². The Morgan fingerprint density at radius 2 is 2.14 bits per heavy atom. The molecule has 0 bridgehead atoms. The number of benzene rings is 1. The largest absolute Gasteiger partial charge is 0.492 e. The van der Waals surface area contributed by atoms with Gasteiger partial charge >= 0.3 is 0 Å². The summed E-state index contributed by atoms with van der Waals surface area (Å²) in [6.07, 6.45) is 2.21. The lowest BCUT2D eigenvalue weighted by molar-refractivity contribution is 0.0392. The number of nitrogens with zero attached hydrogens (tertiary/aromatic N) is 2. The maximum atomic E-state index is 5.99. The SMILES string of the molecule is CCNC(=NCc1cccc(OCCN(C)C2CCOCC2)c1)NC(C)COC. The molecule has 1 aromatic carbocycles. The highest BCUT2D eigenvalue weighted by atomic mass is 16.5. The van der Waals surface area contributed by atoms with Crippen LogP contribution in [0.4, 0.5) is 0 Å². The van der Waals surface area contributed by atoms with Gasteiger partial charge in [0.2, 0.25) is 0 Å². The highest BCUT2D eigenvalue weighted by molar-refractivity contribution is 5.80. The number of rotatable bonds is 11. The van der Waals surface area contributed by atoms with Crippen LogP contribution >= 0.6 is 0 Å². The van der Waals surface area contributed by atoms with Crippen molar-refractivity contribution in [3.63, 3.8) is 0 Å². The van der Waals surface area contributed by atoms with Gasteiger partial charge in [-0.05, 0) is 51.4 Å². The Kier molecular flexibility index (Phi) is 10.8. The van der Waals surface area contributed by atoms with E-state index in [4.69, 9.17) is 14.2 Å². The van der Waals surface area contributed by atoms with E-state index in [0.717, 1.165) is 56.4 Å². The average molecular weight is 407 g/mol. The number of methoxy groups -OCH3 is 1. The lowest BCUT2D eigenvalue weighted by atomic mass is 10.1. The van der Waals surface area contributed by atoms with Crippen molar-refractivity contribution in [2.75, 3.05) is 53.7 Å². The third-order valence-corrected chi connectivity index (χ3v) is 4.99. The quantitative estimate of drug-likeness (QED) is 0.434. The fourth-order valence-corrected chi connectivity index (χ4v) is 3.37. The van der Waals surface area contributed by atoms with E-state index >= 15 is 0 Å². The second-order valence-corrected chi connectivity index (χ2v) is 7.52. The van der Waals surface area contributed by atoms with E-state index in [2.05, 4.69) is 53.6 Å². The molecule has 0 aliphatic carbocycles. The average Bonchev–Trinajstić information content (AvgIpc) is 2.73. The first kappa shape index (κ1) is 23.4. The summed E-state index contributed by atoms with van der Waals surface area (Å²) in [5.41, 5.74) is 1.12. The van der Waals surface area contributed by atoms with Crippen molar-refractivity contribution in [1.82, 2.24) is 15.5 Å². The lowest BCUT2D eigenvalue weighted by Gasteiger charge is -2.31. The third-order valence-electron chi connectivity index (χ3n) is 4.99. The topological polar surface area (TPSA) is 67.4 Å². The van der Waals surface area contributed by atoms with Crippen LogP contribution in [0.15, 0.2) is 29.3 Å². The number of hydrogen-bond acceptors (Lipinski definition) is 5. The summed E-state index contributed by atoms with van der Waals surface area (Å²) >= 11 is 0. The molecule has 1 fully saturated rings. The van der Waals surface area contributed by atoms with Crippen molar-refractivity contribution in [2.45, 2.75) is 45.3 Å². The van der Waals surface area contributed by atoms with Crippen LogP contribution in [-0.2, 0) is 16.0 Å². The summed E-state index contributed by atoms with van der Waals surface area (Å²) in [7, 11) is 3.87. The zero-order valence-electron chi connectivity index (χ0n) is 18.4. The molecule has 7 heteroatoms. The summed E-state index contributed by atoms with van der Waals surface area (Å²) in [4.78, 5) is 7.06. The van der Waals surface area contributed by atoms with Gasteiger partial charge in [0, 0.05) is 45.5 Å². The highest BCUT2D eigenvalue weighted by Gasteiger charge is 2.17. The number of guanidine groups is 1. The van der Waals surface area contributed by atoms with E-state index in [1.165, 1.54) is 0 Å². The maximum Gasteiger partial charge on any atom is 0.191 e. The van der Waals surface area contributed by atoms with Crippen molar-refractivity contribution in [1.29, 1.82) is 0 Å². The second-order valence-electron chi connectivity index (χ2n) is 7.52. The van der Waals surface area contributed by atoms with Crippen LogP contribution < -0.4 is 15.4 Å². The molecule has 1 aromatic rings. The van der Waals surface area contributed by atoms with Crippen molar-refractivity contribution >= 4 is 5.96 Å². The third kappa shape index (κ3) is 9.02. The number of nitrogens with one attached hydrogen (secondary N) is 2. The first-order valence-electron chi connectivity index (χ1n) is 10.7. The van der Waals surface area contributed by atoms with Gasteiger partial charge in [0.15, 0.2) is 5.96 Å². The first-order chi connectivity index (χ1) is 14.1. The second kappa shape index (κ2) is 13.4. The lowest BCUT2D eigenvalue weighted by Crippen LogP contribution is -2.43. The standard InChI is InChI=1S/C22H38N4O3/c1-5-23-22(25-18(2)17-27-4)24-16-19-7-6-8-21(15-19)29-14-11-26(3)20-9-12-28-13-10-20/h6-8,15,18,20H,5,9-14,16-17H2,1-4H3,(H2,23,24,25). The van der Waals surface area contributed by atoms with Gasteiger partial charge < -0.3 is 24.8 Å². The van der Waals surface area contributed by atoms with E-state index in [-0.39, 0.29) is 6.04 Å². The zero-order valence-corrected chi connectivity index (χ0v) is 18.4. The Labute approximate surface area is 175 Å². The van der Waals surface area contributed by atoms with Crippen molar-refractivity contribution < 1.29 is 14.2 Å². The minimum Gasteiger partial charge on any atom is -0.492 e. The van der Waals surface area contributed by atoms with Crippen LogP contribution in [0.25, 0.3) is 0 Å². The van der Waals surface area contributed by atoms with Crippen molar-refractivity contribution in [3.8, 4) is 5.75 Å². The van der Waals surface area contributed by atoms with Gasteiger partial charge in [-0.15, -0.1) is 0 Å². The number of likely N-dealkylation sites (N-methyl/N-ethyl adjacent to an activating group) is 1. The van der Waals surface area contributed by atoms with E-state index < -0.39 is 0 Å². The van der Waals surface area contributed by atoms with Crippen LogP contribution in [0.5, 0.6) is 5.75 Å². The van der Waals surface area contributed by atoms with Crippen LogP contribution in [0.1, 0.15) is 32.3 Å². The molecule has 2 rings (SSSR count). The molecule has 1 heterocycles. The minimum atomic E-state index is 0.195. The molecule has 1 unspecified atom stereocenters. The molecule has 0 radical (unpaired) electrons. The van der Waals surface area contributed by atoms with Crippen LogP contribution in [0.3, 0.4) is 0 Å². The molecule has 0 saturated carbocycles. The van der Waals surface area contributed by atoms with Gasteiger partial charge in [-0.1, -0.05) is 12.1 Å². The zero-order chi connectivity index (χ0) is 20.9. The Balaban J connectivity index is 1.82. The van der Waals surface area contributed by atoms with Crippen molar-refractivity contribution in [2.24, 2.45) is 4.99 Å². The van der Waals surface area contributed by atoms with Gasteiger partial charge in [-0.25, -0.2) is 4.99 Å². The molecule has 0 amide bonds. The normalized spacial score (nSPS) is 16.7. The van der Waals surface area contributed by atoms with Gasteiger partial charge in [0.1, 0.15) is 12.4 Å². The fraction of sp³-hybridized carbons (Fsp3) is 0.682. The molecule has 1 aliphatic rings. The predicted octanol–water partition coefficient (Wildman–Crippen LogP) is 2.27. The van der Waals surface area contributed by atoms with Crippen molar-refractivity contribution in [3.05, 3.63) is 29.8 Å². The fourth-order valence-electron chi connectivity index (χ4n) is 3.37. The Morgan fingerprint density at radius 1 is 1.34 bits per heavy atom. The maximum absolute atomic E-state index is 5.99. The molecule has 1 saturated heterocycles. The molecule has 0 spiro atoms. The van der Waals surface area contributed by atoms with Gasteiger partial charge in [0.05, 0.1) is 13.2 Å². The molecule has 1 aliphatic heterocycles. The number of hydrogen-bond donors (Lipinski definition) is 2. The molecule has 1 atom stereocenters. The monoisotopic (exact) mass is 406 g/mol. The highest BCUT2D eigenvalue weighted by Crippen LogP contribution is 2.15.